The lowest BCUT2D eigenvalue weighted by molar-refractivity contribution is -0.138. The van der Waals surface area contributed by atoms with Gasteiger partial charge in [-0.2, -0.15) is 0 Å². The minimum Gasteiger partial charge on any atom is -0.466 e. The van der Waals surface area contributed by atoms with Gasteiger partial charge < -0.3 is 9.47 Å². The summed E-state index contributed by atoms with van der Waals surface area (Å²) in [6.07, 6.45) is 0. The number of hydrogen-bond donors (Lipinski definition) is 0. The van der Waals surface area contributed by atoms with E-state index in [1.54, 1.807) is 36.4 Å². The molecule has 4 nitrogen and oxygen atoms in total. The third-order valence-corrected chi connectivity index (χ3v) is 5.75. The van der Waals surface area contributed by atoms with Crippen LogP contribution in [0.5, 0.6) is 5.75 Å². The summed E-state index contributed by atoms with van der Waals surface area (Å²) in [5.41, 5.74) is 0.914. The van der Waals surface area contributed by atoms with Crippen molar-refractivity contribution in [1.29, 1.82) is 0 Å². The van der Waals surface area contributed by atoms with E-state index < -0.39 is 23.3 Å². The SMILES string of the molecule is C=C(C(=O)OC)[C@@H](c1ccc(Cl)cc1)[C@@]1(c2ccccc2)C(=O)Oc2ccccc21. The maximum atomic E-state index is 13.6. The quantitative estimate of drug-likeness (QED) is 0.330. The van der Waals surface area contributed by atoms with Crippen LogP contribution in [0.3, 0.4) is 0 Å². The Hall–Kier alpha value is -3.37. The van der Waals surface area contributed by atoms with Crippen LogP contribution in [0.2, 0.25) is 5.02 Å². The molecular formula is C25H19ClO4. The third kappa shape index (κ3) is 3.01. The molecule has 0 amide bonds. The molecule has 3 aromatic carbocycles. The van der Waals surface area contributed by atoms with E-state index in [0.29, 0.717) is 27.5 Å². The van der Waals surface area contributed by atoms with E-state index in [-0.39, 0.29) is 5.57 Å². The first kappa shape index (κ1) is 19.9. The molecule has 0 spiro atoms. The highest BCUT2D eigenvalue weighted by molar-refractivity contribution is 6.30. The highest BCUT2D eigenvalue weighted by atomic mass is 35.5. The van der Waals surface area contributed by atoms with Crippen molar-refractivity contribution < 1.29 is 19.1 Å². The molecule has 2 atom stereocenters. The van der Waals surface area contributed by atoms with Gasteiger partial charge in [0.2, 0.25) is 0 Å². The van der Waals surface area contributed by atoms with Gasteiger partial charge in [0.25, 0.3) is 0 Å². The van der Waals surface area contributed by atoms with Crippen molar-refractivity contribution in [2.75, 3.05) is 7.11 Å². The van der Waals surface area contributed by atoms with E-state index in [9.17, 15) is 9.59 Å². The van der Waals surface area contributed by atoms with Crippen molar-refractivity contribution in [3.8, 4) is 5.75 Å². The predicted molar refractivity (Wildman–Crippen MR) is 115 cm³/mol. The average molecular weight is 419 g/mol. The van der Waals surface area contributed by atoms with Gasteiger partial charge in [-0.05, 0) is 29.3 Å². The number of rotatable bonds is 5. The zero-order valence-electron chi connectivity index (χ0n) is 16.3. The summed E-state index contributed by atoms with van der Waals surface area (Å²) >= 11 is 6.10. The predicted octanol–water partition coefficient (Wildman–Crippen LogP) is 5.06. The topological polar surface area (TPSA) is 52.6 Å². The lowest BCUT2D eigenvalue weighted by atomic mass is 9.62. The number of carbonyl (C=O) groups is 2. The number of halogens is 1. The smallest absolute Gasteiger partial charge is 0.333 e. The molecule has 0 fully saturated rings. The maximum absolute atomic E-state index is 13.6. The number of methoxy groups -OCH3 is 1. The first-order chi connectivity index (χ1) is 14.5. The molecule has 5 heteroatoms. The van der Waals surface area contributed by atoms with Crippen LogP contribution in [0.25, 0.3) is 0 Å². The number of fused-ring (bicyclic) bond motifs is 1. The number of hydrogen-bond acceptors (Lipinski definition) is 4. The number of ether oxygens (including phenoxy) is 2. The monoisotopic (exact) mass is 418 g/mol. The lowest BCUT2D eigenvalue weighted by Gasteiger charge is -2.36. The van der Waals surface area contributed by atoms with Crippen LogP contribution in [0.4, 0.5) is 0 Å². The molecule has 30 heavy (non-hydrogen) atoms. The van der Waals surface area contributed by atoms with Crippen molar-refractivity contribution in [2.45, 2.75) is 11.3 Å². The highest BCUT2D eigenvalue weighted by Gasteiger charge is 2.57. The second-order valence-electron chi connectivity index (χ2n) is 7.06. The largest absolute Gasteiger partial charge is 0.466 e. The molecule has 0 saturated carbocycles. The van der Waals surface area contributed by atoms with Gasteiger partial charge in [-0.3, -0.25) is 4.79 Å². The number of para-hydroxylation sites is 1. The van der Waals surface area contributed by atoms with Crippen LogP contribution in [-0.4, -0.2) is 19.0 Å². The van der Waals surface area contributed by atoms with Crippen molar-refractivity contribution >= 4 is 23.5 Å². The van der Waals surface area contributed by atoms with Gasteiger partial charge in [0, 0.05) is 22.1 Å². The van der Waals surface area contributed by atoms with E-state index in [1.807, 2.05) is 42.5 Å². The summed E-state index contributed by atoms with van der Waals surface area (Å²) in [5, 5.41) is 0.546. The third-order valence-electron chi connectivity index (χ3n) is 5.50. The van der Waals surface area contributed by atoms with Gasteiger partial charge in [-0.1, -0.05) is 78.8 Å². The second kappa shape index (κ2) is 7.81. The zero-order valence-corrected chi connectivity index (χ0v) is 17.1. The van der Waals surface area contributed by atoms with Crippen molar-refractivity contribution in [3.05, 3.63) is 113 Å². The van der Waals surface area contributed by atoms with Crippen LogP contribution in [0.15, 0.2) is 91.0 Å². The lowest BCUT2D eigenvalue weighted by Crippen LogP contribution is -2.43. The molecule has 0 radical (unpaired) electrons. The fourth-order valence-corrected chi connectivity index (χ4v) is 4.33. The van der Waals surface area contributed by atoms with Gasteiger partial charge >= 0.3 is 11.9 Å². The van der Waals surface area contributed by atoms with Crippen LogP contribution < -0.4 is 4.74 Å². The molecule has 1 aliphatic heterocycles. The van der Waals surface area contributed by atoms with Gasteiger partial charge in [0.15, 0.2) is 0 Å². The minimum absolute atomic E-state index is 0.150. The van der Waals surface area contributed by atoms with Crippen LogP contribution in [-0.2, 0) is 19.7 Å². The maximum Gasteiger partial charge on any atom is 0.333 e. The Labute approximate surface area is 179 Å². The molecule has 0 N–H and O–H groups in total. The summed E-state index contributed by atoms with van der Waals surface area (Å²) in [5.74, 6) is -1.37. The average Bonchev–Trinajstić information content (AvgIpc) is 3.07. The van der Waals surface area contributed by atoms with Gasteiger partial charge in [0.05, 0.1) is 7.11 Å². The Balaban J connectivity index is 2.08. The molecule has 1 heterocycles. The van der Waals surface area contributed by atoms with Gasteiger partial charge in [0.1, 0.15) is 11.2 Å². The Morgan fingerprint density at radius 3 is 2.30 bits per heavy atom. The van der Waals surface area contributed by atoms with Gasteiger partial charge in [-0.25, -0.2) is 4.79 Å². The van der Waals surface area contributed by atoms with Crippen molar-refractivity contribution in [3.63, 3.8) is 0 Å². The van der Waals surface area contributed by atoms with E-state index in [1.165, 1.54) is 7.11 Å². The van der Waals surface area contributed by atoms with Crippen molar-refractivity contribution in [1.82, 2.24) is 0 Å². The number of carbonyl (C=O) groups excluding carboxylic acids is 2. The molecule has 150 valence electrons. The summed E-state index contributed by atoms with van der Waals surface area (Å²) in [7, 11) is 1.29. The molecule has 0 aromatic heterocycles. The summed E-state index contributed by atoms with van der Waals surface area (Å²) < 4.78 is 10.7. The highest BCUT2D eigenvalue weighted by Crippen LogP contribution is 2.55. The molecule has 3 aromatic rings. The standard InChI is InChI=1S/C25H19ClO4/c1-16(23(27)29-2)22(17-12-14-19(26)15-13-17)25(18-8-4-3-5-9-18)20-10-6-7-11-21(20)30-24(25)28/h3-15,22H,1H2,2H3/t22-,25-/m0/s1. The fraction of sp³-hybridized carbons (Fsp3) is 0.120. The van der Waals surface area contributed by atoms with Gasteiger partial charge in [-0.15, -0.1) is 0 Å². The summed E-state index contributed by atoms with van der Waals surface area (Å²) in [4.78, 5) is 26.3. The molecule has 4 rings (SSSR count). The van der Waals surface area contributed by atoms with E-state index in [4.69, 9.17) is 21.1 Å². The normalized spacial score (nSPS) is 18.3. The fourth-order valence-electron chi connectivity index (χ4n) is 4.20. The number of esters is 2. The first-order valence-corrected chi connectivity index (χ1v) is 9.77. The number of benzene rings is 3. The zero-order chi connectivity index (χ0) is 21.3. The van der Waals surface area contributed by atoms with E-state index in [2.05, 4.69) is 6.58 Å². The van der Waals surface area contributed by atoms with Crippen LogP contribution in [0.1, 0.15) is 22.6 Å². The Kier molecular flexibility index (Phi) is 5.18. The molecular weight excluding hydrogens is 400 g/mol. The summed E-state index contributed by atoms with van der Waals surface area (Å²) in [6, 6.07) is 23.6. The molecule has 0 unspecified atom stereocenters. The molecule has 0 aliphatic carbocycles. The Bertz CT molecular complexity index is 1120. The molecule has 0 bridgehead atoms. The van der Waals surface area contributed by atoms with E-state index >= 15 is 0 Å². The summed E-state index contributed by atoms with van der Waals surface area (Å²) in [6.45, 7) is 4.03. The molecule has 1 aliphatic rings. The minimum atomic E-state index is -1.31. The van der Waals surface area contributed by atoms with Crippen LogP contribution >= 0.6 is 11.6 Å². The van der Waals surface area contributed by atoms with Crippen molar-refractivity contribution in [2.24, 2.45) is 0 Å². The van der Waals surface area contributed by atoms with E-state index in [0.717, 1.165) is 0 Å². The van der Waals surface area contributed by atoms with Crippen LogP contribution in [0, 0.1) is 0 Å². The molecule has 0 saturated heterocycles. The Morgan fingerprint density at radius 2 is 1.63 bits per heavy atom. The second-order valence-corrected chi connectivity index (χ2v) is 7.50. The Morgan fingerprint density at radius 1 is 1.00 bits per heavy atom. The first-order valence-electron chi connectivity index (χ1n) is 9.40.